The second kappa shape index (κ2) is 4.67. The number of morpholine rings is 1. The highest BCUT2D eigenvalue weighted by Crippen LogP contribution is 2.34. The standard InChI is InChI=1S/C14H20N2O/c15-13-5-1-4-12-11(13)3-2-6-14(12)16-7-9-17-10-8-16/h2-3,6,13H,1,4-5,7-10,15H2. The summed E-state index contributed by atoms with van der Waals surface area (Å²) in [4.78, 5) is 2.44. The molecule has 1 aliphatic heterocycles. The summed E-state index contributed by atoms with van der Waals surface area (Å²) >= 11 is 0. The lowest BCUT2D eigenvalue weighted by Crippen LogP contribution is -2.37. The molecule has 1 fully saturated rings. The van der Waals surface area contributed by atoms with E-state index in [1.807, 2.05) is 0 Å². The molecule has 1 saturated heterocycles. The van der Waals surface area contributed by atoms with Gasteiger partial charge < -0.3 is 15.4 Å². The minimum Gasteiger partial charge on any atom is -0.378 e. The van der Waals surface area contributed by atoms with Crippen LogP contribution in [-0.4, -0.2) is 26.3 Å². The van der Waals surface area contributed by atoms with Crippen LogP contribution in [0, 0.1) is 0 Å². The smallest absolute Gasteiger partial charge is 0.0642 e. The molecule has 1 heterocycles. The Labute approximate surface area is 103 Å². The van der Waals surface area contributed by atoms with Crippen molar-refractivity contribution in [2.24, 2.45) is 5.73 Å². The number of benzene rings is 1. The largest absolute Gasteiger partial charge is 0.378 e. The van der Waals surface area contributed by atoms with E-state index < -0.39 is 0 Å². The van der Waals surface area contributed by atoms with Crippen LogP contribution in [0.2, 0.25) is 0 Å². The predicted octanol–water partition coefficient (Wildman–Crippen LogP) is 1.86. The second-order valence-electron chi connectivity index (χ2n) is 4.94. The van der Waals surface area contributed by atoms with Gasteiger partial charge in [0.2, 0.25) is 0 Å². The van der Waals surface area contributed by atoms with Crippen LogP contribution in [0.4, 0.5) is 5.69 Å². The zero-order valence-electron chi connectivity index (χ0n) is 10.2. The van der Waals surface area contributed by atoms with Crippen LogP contribution in [0.3, 0.4) is 0 Å². The molecule has 1 atom stereocenters. The fraction of sp³-hybridized carbons (Fsp3) is 0.571. The summed E-state index contributed by atoms with van der Waals surface area (Å²) in [5.74, 6) is 0. The molecule has 1 aliphatic carbocycles. The molecule has 3 nitrogen and oxygen atoms in total. The molecule has 0 amide bonds. The highest BCUT2D eigenvalue weighted by Gasteiger charge is 2.22. The van der Waals surface area contributed by atoms with Gasteiger partial charge in [-0.05, 0) is 36.5 Å². The first-order valence-electron chi connectivity index (χ1n) is 6.56. The minimum atomic E-state index is 0.236. The van der Waals surface area contributed by atoms with Gasteiger partial charge in [0.05, 0.1) is 13.2 Å². The van der Waals surface area contributed by atoms with Crippen molar-refractivity contribution in [2.75, 3.05) is 31.2 Å². The van der Waals surface area contributed by atoms with Crippen LogP contribution in [-0.2, 0) is 11.2 Å². The molecule has 0 aromatic heterocycles. The first-order valence-corrected chi connectivity index (χ1v) is 6.56. The maximum Gasteiger partial charge on any atom is 0.0642 e. The fourth-order valence-electron chi connectivity index (χ4n) is 2.97. The summed E-state index contributed by atoms with van der Waals surface area (Å²) in [5, 5.41) is 0. The molecule has 2 aliphatic rings. The maximum atomic E-state index is 6.20. The molecule has 2 N–H and O–H groups in total. The molecule has 17 heavy (non-hydrogen) atoms. The summed E-state index contributed by atoms with van der Waals surface area (Å²) in [6.45, 7) is 3.70. The molecule has 1 aromatic rings. The van der Waals surface area contributed by atoms with Crippen molar-refractivity contribution in [3.8, 4) is 0 Å². The van der Waals surface area contributed by atoms with Crippen molar-refractivity contribution in [2.45, 2.75) is 25.3 Å². The molecule has 0 saturated carbocycles. The van der Waals surface area contributed by atoms with Gasteiger partial charge in [0.25, 0.3) is 0 Å². The van der Waals surface area contributed by atoms with Crippen molar-refractivity contribution in [3.05, 3.63) is 29.3 Å². The van der Waals surface area contributed by atoms with Crippen LogP contribution in [0.1, 0.15) is 30.0 Å². The summed E-state index contributed by atoms with van der Waals surface area (Å²) in [6.07, 6.45) is 3.52. The quantitative estimate of drug-likeness (QED) is 0.803. The van der Waals surface area contributed by atoms with Crippen LogP contribution < -0.4 is 10.6 Å². The minimum absolute atomic E-state index is 0.236. The van der Waals surface area contributed by atoms with E-state index in [1.165, 1.54) is 29.7 Å². The van der Waals surface area contributed by atoms with Gasteiger partial charge in [-0.3, -0.25) is 0 Å². The summed E-state index contributed by atoms with van der Waals surface area (Å²) in [7, 11) is 0. The van der Waals surface area contributed by atoms with E-state index in [0.29, 0.717) is 0 Å². The molecule has 0 spiro atoms. The van der Waals surface area contributed by atoms with Crippen LogP contribution >= 0.6 is 0 Å². The number of hydrogen-bond donors (Lipinski definition) is 1. The van der Waals surface area contributed by atoms with E-state index in [2.05, 4.69) is 23.1 Å². The zero-order valence-corrected chi connectivity index (χ0v) is 10.2. The maximum absolute atomic E-state index is 6.20. The van der Waals surface area contributed by atoms with E-state index in [4.69, 9.17) is 10.5 Å². The SMILES string of the molecule is NC1CCCc2c1cccc2N1CCOCC1. The van der Waals surface area contributed by atoms with Crippen molar-refractivity contribution >= 4 is 5.69 Å². The van der Waals surface area contributed by atoms with Crippen molar-refractivity contribution in [1.29, 1.82) is 0 Å². The molecular formula is C14H20N2O. The molecule has 1 unspecified atom stereocenters. The van der Waals surface area contributed by atoms with Crippen molar-refractivity contribution in [3.63, 3.8) is 0 Å². The van der Waals surface area contributed by atoms with E-state index >= 15 is 0 Å². The Morgan fingerprint density at radius 3 is 2.88 bits per heavy atom. The topological polar surface area (TPSA) is 38.5 Å². The van der Waals surface area contributed by atoms with Gasteiger partial charge in [-0.1, -0.05) is 12.1 Å². The normalized spacial score (nSPS) is 24.5. The van der Waals surface area contributed by atoms with Gasteiger partial charge in [0.1, 0.15) is 0 Å². The third-order valence-electron chi connectivity index (χ3n) is 3.88. The van der Waals surface area contributed by atoms with Gasteiger partial charge >= 0.3 is 0 Å². The van der Waals surface area contributed by atoms with Gasteiger partial charge in [0.15, 0.2) is 0 Å². The summed E-state index contributed by atoms with van der Waals surface area (Å²) < 4.78 is 5.42. The number of nitrogens with zero attached hydrogens (tertiary/aromatic N) is 1. The first-order chi connectivity index (χ1) is 8.36. The van der Waals surface area contributed by atoms with E-state index in [0.717, 1.165) is 32.7 Å². The average Bonchev–Trinajstić information content (AvgIpc) is 2.40. The third kappa shape index (κ3) is 2.05. The van der Waals surface area contributed by atoms with Crippen LogP contribution in [0.15, 0.2) is 18.2 Å². The molecule has 3 heteroatoms. The molecule has 0 radical (unpaired) electrons. The number of hydrogen-bond acceptors (Lipinski definition) is 3. The van der Waals surface area contributed by atoms with Gasteiger partial charge in [0, 0.05) is 24.8 Å². The number of ether oxygens (including phenoxy) is 1. The molecule has 0 bridgehead atoms. The Morgan fingerprint density at radius 1 is 1.24 bits per heavy atom. The highest BCUT2D eigenvalue weighted by molar-refractivity contribution is 5.58. The van der Waals surface area contributed by atoms with Crippen LogP contribution in [0.5, 0.6) is 0 Å². The molecule has 92 valence electrons. The number of rotatable bonds is 1. The van der Waals surface area contributed by atoms with Crippen molar-refractivity contribution in [1.82, 2.24) is 0 Å². The van der Waals surface area contributed by atoms with Gasteiger partial charge in [-0.2, -0.15) is 0 Å². The van der Waals surface area contributed by atoms with Crippen LogP contribution in [0.25, 0.3) is 0 Å². The summed E-state index contributed by atoms with van der Waals surface area (Å²) in [5.41, 5.74) is 10.4. The van der Waals surface area contributed by atoms with Crippen molar-refractivity contribution < 1.29 is 4.74 Å². The highest BCUT2D eigenvalue weighted by atomic mass is 16.5. The second-order valence-corrected chi connectivity index (χ2v) is 4.94. The van der Waals surface area contributed by atoms with E-state index in [-0.39, 0.29) is 6.04 Å². The molecule has 1 aromatic carbocycles. The third-order valence-corrected chi connectivity index (χ3v) is 3.88. The molecule has 3 rings (SSSR count). The summed E-state index contributed by atoms with van der Waals surface area (Å²) in [6, 6.07) is 6.82. The van der Waals surface area contributed by atoms with E-state index in [9.17, 15) is 0 Å². The lowest BCUT2D eigenvalue weighted by Gasteiger charge is -2.33. The molecular weight excluding hydrogens is 212 g/mol. The number of fused-ring (bicyclic) bond motifs is 1. The Bertz CT molecular complexity index is 399. The monoisotopic (exact) mass is 232 g/mol. The Morgan fingerprint density at radius 2 is 2.06 bits per heavy atom. The first kappa shape index (κ1) is 11.1. The lowest BCUT2D eigenvalue weighted by molar-refractivity contribution is 0.122. The Balaban J connectivity index is 1.96. The zero-order chi connectivity index (χ0) is 11.7. The average molecular weight is 232 g/mol. The van der Waals surface area contributed by atoms with Gasteiger partial charge in [-0.15, -0.1) is 0 Å². The lowest BCUT2D eigenvalue weighted by atomic mass is 9.87. The number of anilines is 1. The Kier molecular flexibility index (Phi) is 3.04. The number of nitrogens with two attached hydrogens (primary N) is 1. The Hall–Kier alpha value is -1.06. The van der Waals surface area contributed by atoms with Gasteiger partial charge in [-0.25, -0.2) is 0 Å². The van der Waals surface area contributed by atoms with E-state index in [1.54, 1.807) is 0 Å². The predicted molar refractivity (Wildman–Crippen MR) is 69.3 cm³/mol. The fourth-order valence-corrected chi connectivity index (χ4v) is 2.97.